The lowest BCUT2D eigenvalue weighted by Gasteiger charge is -2.65. The summed E-state index contributed by atoms with van der Waals surface area (Å²) in [5, 5.41) is 11.6. The molecule has 1 spiro atoms. The number of fused-ring (bicyclic) bond motifs is 3. The van der Waals surface area contributed by atoms with Gasteiger partial charge in [-0.3, -0.25) is 14.4 Å². The molecule has 0 amide bonds. The second-order valence-electron chi connectivity index (χ2n) is 12.5. The molecule has 0 aromatic carbocycles. The summed E-state index contributed by atoms with van der Waals surface area (Å²) >= 11 is 0. The van der Waals surface area contributed by atoms with Gasteiger partial charge < -0.3 is 33.5 Å². The van der Waals surface area contributed by atoms with Gasteiger partial charge in [0.05, 0.1) is 36.4 Å². The molecule has 10 nitrogen and oxygen atoms in total. The van der Waals surface area contributed by atoms with Gasteiger partial charge in [0.15, 0.2) is 6.10 Å². The van der Waals surface area contributed by atoms with Crippen LogP contribution in [0.25, 0.3) is 0 Å². The van der Waals surface area contributed by atoms with Crippen LogP contribution < -0.4 is 0 Å². The predicted molar refractivity (Wildman–Crippen MR) is 136 cm³/mol. The van der Waals surface area contributed by atoms with Crippen molar-refractivity contribution in [3.05, 3.63) is 12.3 Å². The molecule has 10 heteroatoms. The Morgan fingerprint density at radius 3 is 2.44 bits per heavy atom. The van der Waals surface area contributed by atoms with Crippen LogP contribution in [0.5, 0.6) is 0 Å². The summed E-state index contributed by atoms with van der Waals surface area (Å²) in [6.45, 7) is 10.7. The number of carbonyl (C=O) groups is 3. The fourth-order valence-electron chi connectivity index (χ4n) is 8.01. The Morgan fingerprint density at radius 1 is 1.13 bits per heavy atom. The molecule has 1 N–H and O–H groups in total. The minimum atomic E-state index is -1.19. The molecule has 2 saturated heterocycles. The lowest BCUT2D eigenvalue weighted by molar-refractivity contribution is -0.284. The topological polar surface area (TPSA) is 130 Å². The number of hydrogen-bond donors (Lipinski definition) is 1. The van der Waals surface area contributed by atoms with E-state index in [1.54, 1.807) is 13.2 Å². The van der Waals surface area contributed by atoms with E-state index in [1.807, 2.05) is 13.0 Å². The number of ether oxygens (including phenoxy) is 6. The summed E-state index contributed by atoms with van der Waals surface area (Å²) in [7, 11) is 0. The van der Waals surface area contributed by atoms with E-state index in [4.69, 9.17) is 28.4 Å². The highest BCUT2D eigenvalue weighted by Gasteiger charge is 2.81. The molecule has 218 valence electrons. The van der Waals surface area contributed by atoms with Crippen LogP contribution >= 0.6 is 0 Å². The molecule has 0 unspecified atom stereocenters. The van der Waals surface area contributed by atoms with E-state index < -0.39 is 52.7 Å². The minimum absolute atomic E-state index is 0.00678. The van der Waals surface area contributed by atoms with E-state index in [0.717, 1.165) is 6.42 Å². The van der Waals surface area contributed by atoms with Gasteiger partial charge >= 0.3 is 17.9 Å². The first kappa shape index (κ1) is 28.4. The van der Waals surface area contributed by atoms with Crippen LogP contribution in [0.3, 0.4) is 0 Å². The van der Waals surface area contributed by atoms with Crippen LogP contribution in [0, 0.1) is 34.5 Å². The van der Waals surface area contributed by atoms with Gasteiger partial charge in [-0.15, -0.1) is 0 Å². The number of carbonyl (C=O) groups excluding carboxylic acids is 3. The summed E-state index contributed by atoms with van der Waals surface area (Å²) in [4.78, 5) is 37.7. The molecule has 0 radical (unpaired) electrons. The van der Waals surface area contributed by atoms with E-state index in [-0.39, 0.29) is 55.7 Å². The normalized spacial score (nSPS) is 46.5. The van der Waals surface area contributed by atoms with Crippen molar-refractivity contribution in [2.24, 2.45) is 34.5 Å². The van der Waals surface area contributed by atoms with Crippen molar-refractivity contribution >= 4 is 17.9 Å². The summed E-state index contributed by atoms with van der Waals surface area (Å²) in [6, 6.07) is 0. The molecule has 2 aliphatic carbocycles. The molecule has 2 saturated carbocycles. The summed E-state index contributed by atoms with van der Waals surface area (Å²) in [5.74, 6) is -1.97. The van der Waals surface area contributed by atoms with Crippen LogP contribution in [-0.4, -0.2) is 72.5 Å². The Balaban J connectivity index is 1.62. The molecule has 5 rings (SSSR count). The minimum Gasteiger partial charge on any atom is -0.472 e. The predicted octanol–water partition coefficient (Wildman–Crippen LogP) is 2.90. The largest absolute Gasteiger partial charge is 0.472 e. The van der Waals surface area contributed by atoms with E-state index in [1.165, 1.54) is 13.8 Å². The first-order valence-corrected chi connectivity index (χ1v) is 14.2. The first-order valence-electron chi connectivity index (χ1n) is 14.2. The Labute approximate surface area is 229 Å². The Morgan fingerprint density at radius 2 is 1.85 bits per heavy atom. The van der Waals surface area contributed by atoms with Crippen LogP contribution in [0.1, 0.15) is 67.2 Å². The average Bonchev–Trinajstić information content (AvgIpc) is 3.36. The van der Waals surface area contributed by atoms with Gasteiger partial charge in [-0.2, -0.15) is 0 Å². The van der Waals surface area contributed by atoms with Crippen molar-refractivity contribution in [2.75, 3.05) is 13.2 Å². The molecule has 3 heterocycles. The molecule has 0 aromatic rings. The standard InChI is InChI=1S/C29H42O10/c1-7-15(2)25(33)39-24-20(32)12-21-27(6,22-11-19-8-9-34-26(19)38-22)16(3)10-23(37-18(5)31)28(21,13-35-17(4)30)29(24)14-36-29/h8-9,15-16,19-24,26,32H,7,10-14H2,1-6H3/t15-,16+,19-,20+,21-,22-,23-,24-,26+,27-,28-,29+/m0/s1. The molecule has 5 aliphatic rings. The van der Waals surface area contributed by atoms with Crippen molar-refractivity contribution in [2.45, 2.75) is 104 Å². The number of aliphatic hydroxyl groups excluding tert-OH is 1. The van der Waals surface area contributed by atoms with Crippen LogP contribution in [0.2, 0.25) is 0 Å². The van der Waals surface area contributed by atoms with Gasteiger partial charge in [0.1, 0.15) is 18.3 Å². The third-order valence-electron chi connectivity index (χ3n) is 10.6. The van der Waals surface area contributed by atoms with Crippen molar-refractivity contribution in [3.8, 4) is 0 Å². The lowest BCUT2D eigenvalue weighted by Crippen LogP contribution is -2.74. The molecule has 12 atom stereocenters. The third kappa shape index (κ3) is 4.28. The molecular formula is C29H42O10. The maximum atomic E-state index is 13.0. The van der Waals surface area contributed by atoms with Crippen LogP contribution in [0.15, 0.2) is 12.3 Å². The van der Waals surface area contributed by atoms with Crippen molar-refractivity contribution in [1.29, 1.82) is 0 Å². The zero-order valence-corrected chi connectivity index (χ0v) is 23.7. The van der Waals surface area contributed by atoms with E-state index in [0.29, 0.717) is 12.8 Å². The number of aliphatic hydroxyl groups is 1. The maximum Gasteiger partial charge on any atom is 0.309 e. The number of epoxide rings is 1. The highest BCUT2D eigenvalue weighted by molar-refractivity contribution is 5.72. The molecule has 0 aromatic heterocycles. The Bertz CT molecular complexity index is 1020. The highest BCUT2D eigenvalue weighted by Crippen LogP contribution is 2.70. The third-order valence-corrected chi connectivity index (χ3v) is 10.6. The summed E-state index contributed by atoms with van der Waals surface area (Å²) in [5.41, 5.74) is -2.81. The van der Waals surface area contributed by atoms with Crippen LogP contribution in [0.4, 0.5) is 0 Å². The van der Waals surface area contributed by atoms with Crippen molar-refractivity contribution in [1.82, 2.24) is 0 Å². The summed E-state index contributed by atoms with van der Waals surface area (Å²) < 4.78 is 36.2. The maximum absolute atomic E-state index is 13.0. The lowest BCUT2D eigenvalue weighted by atomic mass is 9.41. The van der Waals surface area contributed by atoms with Gasteiger partial charge in [-0.25, -0.2) is 0 Å². The van der Waals surface area contributed by atoms with Gasteiger partial charge in [-0.05, 0) is 43.6 Å². The number of hydrogen-bond acceptors (Lipinski definition) is 10. The Hall–Kier alpha value is -2.17. The zero-order valence-electron chi connectivity index (χ0n) is 23.7. The molecule has 0 bridgehead atoms. The second kappa shape index (κ2) is 10.0. The second-order valence-corrected chi connectivity index (χ2v) is 12.5. The smallest absolute Gasteiger partial charge is 0.309 e. The fourth-order valence-corrected chi connectivity index (χ4v) is 8.01. The monoisotopic (exact) mass is 550 g/mol. The molecule has 39 heavy (non-hydrogen) atoms. The molecule has 3 aliphatic heterocycles. The summed E-state index contributed by atoms with van der Waals surface area (Å²) in [6.07, 6.45) is 2.38. The first-order chi connectivity index (χ1) is 18.4. The van der Waals surface area contributed by atoms with E-state index in [2.05, 4.69) is 13.8 Å². The van der Waals surface area contributed by atoms with E-state index in [9.17, 15) is 19.5 Å². The zero-order chi connectivity index (χ0) is 28.3. The van der Waals surface area contributed by atoms with Crippen molar-refractivity contribution < 1.29 is 47.9 Å². The van der Waals surface area contributed by atoms with Gasteiger partial charge in [0.2, 0.25) is 6.29 Å². The van der Waals surface area contributed by atoms with Crippen LogP contribution in [-0.2, 0) is 42.8 Å². The molecule has 4 fully saturated rings. The van der Waals surface area contributed by atoms with Gasteiger partial charge in [0, 0.05) is 25.2 Å². The SMILES string of the molecule is CC[C@H](C)C(=O)O[C@H]1[C@H](O)C[C@H]2[C@@](C)([C@@H]3C[C@@H]4C=CO[C@@H]4O3)[C@H](C)C[C@H](OC(C)=O)[C@@]2(COC(C)=O)[C@@]12CO2. The van der Waals surface area contributed by atoms with Gasteiger partial charge in [0.25, 0.3) is 0 Å². The fraction of sp³-hybridized carbons (Fsp3) is 0.828. The highest BCUT2D eigenvalue weighted by atomic mass is 16.7. The number of rotatable bonds is 7. The van der Waals surface area contributed by atoms with Gasteiger partial charge in [-0.1, -0.05) is 27.7 Å². The quantitative estimate of drug-likeness (QED) is 0.287. The number of esters is 3. The Kier molecular flexibility index (Phi) is 7.29. The average molecular weight is 551 g/mol. The van der Waals surface area contributed by atoms with Crippen molar-refractivity contribution in [3.63, 3.8) is 0 Å². The molecular weight excluding hydrogens is 508 g/mol. The van der Waals surface area contributed by atoms with E-state index >= 15 is 0 Å².